The predicted molar refractivity (Wildman–Crippen MR) is 95.6 cm³/mol. The first kappa shape index (κ1) is 17.8. The van der Waals surface area contributed by atoms with E-state index in [1.807, 2.05) is 0 Å². The van der Waals surface area contributed by atoms with Gasteiger partial charge in [-0.05, 0) is 43.9 Å². The Bertz CT molecular complexity index is 825. The summed E-state index contributed by atoms with van der Waals surface area (Å²) in [6.45, 7) is 0.959. The number of carbonyl (C=O) groups excluding carboxylic acids is 1. The quantitative estimate of drug-likeness (QED) is 0.867. The third kappa shape index (κ3) is 2.90. The number of nitrogens with zero attached hydrogens (tertiary/aromatic N) is 1. The van der Waals surface area contributed by atoms with E-state index in [9.17, 15) is 13.2 Å². The van der Waals surface area contributed by atoms with E-state index in [-0.39, 0.29) is 28.9 Å². The second kappa shape index (κ2) is 6.51. The predicted octanol–water partition coefficient (Wildman–Crippen LogP) is 1.99. The molecule has 142 valence electrons. The Labute approximate surface area is 153 Å². The van der Waals surface area contributed by atoms with Gasteiger partial charge in [0, 0.05) is 25.6 Å². The van der Waals surface area contributed by atoms with Gasteiger partial charge < -0.3 is 14.8 Å². The number of rotatable bonds is 3. The van der Waals surface area contributed by atoms with Gasteiger partial charge in [-0.25, -0.2) is 8.42 Å². The molecule has 2 heterocycles. The second-order valence-corrected chi connectivity index (χ2v) is 9.35. The van der Waals surface area contributed by atoms with Crippen molar-refractivity contribution in [3.63, 3.8) is 0 Å². The lowest BCUT2D eigenvalue weighted by atomic mass is 9.77. The molecular weight excluding hydrogens is 356 g/mol. The van der Waals surface area contributed by atoms with Crippen molar-refractivity contribution in [2.24, 2.45) is 5.41 Å². The SMILES string of the molecule is CO[C@@H]1CCC[C@]12CCCN(S(=O)(=O)c1ccc3c(c1)NC(=O)CO3)C2. The van der Waals surface area contributed by atoms with Crippen molar-refractivity contribution in [2.75, 3.05) is 32.1 Å². The van der Waals surface area contributed by atoms with E-state index in [0.29, 0.717) is 24.5 Å². The van der Waals surface area contributed by atoms with Crippen LogP contribution in [0.15, 0.2) is 23.1 Å². The Morgan fingerprint density at radius 3 is 2.92 bits per heavy atom. The van der Waals surface area contributed by atoms with Crippen molar-refractivity contribution in [2.45, 2.75) is 43.1 Å². The highest BCUT2D eigenvalue weighted by Crippen LogP contribution is 2.47. The van der Waals surface area contributed by atoms with Crippen LogP contribution < -0.4 is 10.1 Å². The topological polar surface area (TPSA) is 84.9 Å². The summed E-state index contributed by atoms with van der Waals surface area (Å²) < 4.78 is 39.0. The number of methoxy groups -OCH3 is 1. The standard InChI is InChI=1S/C18H24N2O5S/c1-24-16-4-2-7-18(16)8-3-9-20(12-18)26(22,23)13-5-6-15-14(10-13)19-17(21)11-25-15/h5-6,10,16H,2-4,7-9,11-12H2,1H3,(H,19,21)/t16-,18-/m1/s1. The Morgan fingerprint density at radius 2 is 2.12 bits per heavy atom. The molecule has 1 aromatic carbocycles. The molecule has 2 fully saturated rings. The van der Waals surface area contributed by atoms with Gasteiger partial charge >= 0.3 is 0 Å². The molecule has 7 nitrogen and oxygen atoms in total. The van der Waals surface area contributed by atoms with Crippen LogP contribution in [0.2, 0.25) is 0 Å². The molecule has 8 heteroatoms. The molecule has 1 aromatic rings. The maximum atomic E-state index is 13.2. The smallest absolute Gasteiger partial charge is 0.262 e. The number of fused-ring (bicyclic) bond motifs is 1. The van der Waals surface area contributed by atoms with E-state index in [0.717, 1.165) is 32.1 Å². The highest BCUT2D eigenvalue weighted by atomic mass is 32.2. The van der Waals surface area contributed by atoms with Crippen molar-refractivity contribution in [3.05, 3.63) is 18.2 Å². The van der Waals surface area contributed by atoms with E-state index in [2.05, 4.69) is 5.32 Å². The third-order valence-electron chi connectivity index (χ3n) is 5.90. The van der Waals surface area contributed by atoms with Crippen molar-refractivity contribution in [1.29, 1.82) is 0 Å². The summed E-state index contributed by atoms with van der Waals surface area (Å²) in [5, 5.41) is 2.67. The lowest BCUT2D eigenvalue weighted by Gasteiger charge is -2.43. The molecule has 2 aliphatic heterocycles. The number of sulfonamides is 1. The molecule has 1 saturated carbocycles. The molecule has 0 unspecified atom stereocenters. The Morgan fingerprint density at radius 1 is 1.31 bits per heavy atom. The zero-order chi connectivity index (χ0) is 18.4. The van der Waals surface area contributed by atoms with Crippen LogP contribution in [0.3, 0.4) is 0 Å². The molecule has 4 rings (SSSR count). The number of anilines is 1. The summed E-state index contributed by atoms with van der Waals surface area (Å²) in [6.07, 6.45) is 5.04. The maximum absolute atomic E-state index is 13.2. The minimum atomic E-state index is -3.64. The summed E-state index contributed by atoms with van der Waals surface area (Å²) in [7, 11) is -1.92. The van der Waals surface area contributed by atoms with Crippen LogP contribution in [0.25, 0.3) is 0 Å². The van der Waals surface area contributed by atoms with Gasteiger partial charge in [0.2, 0.25) is 10.0 Å². The first-order valence-corrected chi connectivity index (χ1v) is 10.5. The van der Waals surface area contributed by atoms with E-state index < -0.39 is 10.0 Å². The Balaban J connectivity index is 1.62. The van der Waals surface area contributed by atoms with Gasteiger partial charge in [-0.15, -0.1) is 0 Å². The average Bonchev–Trinajstić information content (AvgIpc) is 3.02. The largest absolute Gasteiger partial charge is 0.482 e. The molecule has 1 amide bonds. The second-order valence-electron chi connectivity index (χ2n) is 7.42. The first-order valence-electron chi connectivity index (χ1n) is 9.04. The van der Waals surface area contributed by atoms with Gasteiger partial charge in [-0.3, -0.25) is 4.79 Å². The van der Waals surface area contributed by atoms with Crippen molar-refractivity contribution in [1.82, 2.24) is 4.31 Å². The molecule has 1 saturated heterocycles. The van der Waals surface area contributed by atoms with Crippen LogP contribution in [0.1, 0.15) is 32.1 Å². The zero-order valence-corrected chi connectivity index (χ0v) is 15.7. The fourth-order valence-corrected chi connectivity index (χ4v) is 6.24. The van der Waals surface area contributed by atoms with Gasteiger partial charge in [0.25, 0.3) is 5.91 Å². The van der Waals surface area contributed by atoms with Crippen molar-refractivity contribution in [3.8, 4) is 5.75 Å². The number of ether oxygens (including phenoxy) is 2. The molecule has 0 bridgehead atoms. The molecule has 0 radical (unpaired) electrons. The number of amides is 1. The maximum Gasteiger partial charge on any atom is 0.262 e. The molecule has 26 heavy (non-hydrogen) atoms. The van der Waals surface area contributed by atoms with Crippen LogP contribution in [0, 0.1) is 5.41 Å². The van der Waals surface area contributed by atoms with Crippen LogP contribution in [0.5, 0.6) is 5.75 Å². The summed E-state index contributed by atoms with van der Waals surface area (Å²) in [6, 6.07) is 4.65. The monoisotopic (exact) mass is 380 g/mol. The van der Waals surface area contributed by atoms with Gasteiger partial charge in [0.1, 0.15) is 5.75 Å². The first-order chi connectivity index (χ1) is 12.4. The van der Waals surface area contributed by atoms with Crippen LogP contribution in [0.4, 0.5) is 5.69 Å². The third-order valence-corrected chi connectivity index (χ3v) is 7.74. The number of hydrogen-bond donors (Lipinski definition) is 1. The summed E-state index contributed by atoms with van der Waals surface area (Å²) in [5.41, 5.74) is 0.329. The molecule has 0 aromatic heterocycles. The normalized spacial score (nSPS) is 29.3. The van der Waals surface area contributed by atoms with Crippen LogP contribution in [-0.2, 0) is 19.6 Å². The molecule has 1 N–H and O–H groups in total. The molecule has 1 aliphatic carbocycles. The number of piperidine rings is 1. The van der Waals surface area contributed by atoms with Crippen LogP contribution >= 0.6 is 0 Å². The van der Waals surface area contributed by atoms with Gasteiger partial charge in [-0.2, -0.15) is 4.31 Å². The number of carbonyl (C=O) groups is 1. The molecule has 3 aliphatic rings. The molecule has 2 atom stereocenters. The number of benzene rings is 1. The lowest BCUT2D eigenvalue weighted by molar-refractivity contribution is -0.118. The minimum absolute atomic E-state index is 0.0495. The van der Waals surface area contributed by atoms with Crippen LogP contribution in [-0.4, -0.2) is 51.5 Å². The highest BCUT2D eigenvalue weighted by Gasteiger charge is 2.48. The average molecular weight is 380 g/mol. The van der Waals surface area contributed by atoms with Gasteiger partial charge in [-0.1, -0.05) is 6.42 Å². The fraction of sp³-hybridized carbons (Fsp3) is 0.611. The fourth-order valence-electron chi connectivity index (χ4n) is 4.64. The van der Waals surface area contributed by atoms with Crippen molar-refractivity contribution >= 4 is 21.6 Å². The summed E-state index contributed by atoms with van der Waals surface area (Å²) in [4.78, 5) is 11.7. The summed E-state index contributed by atoms with van der Waals surface area (Å²) >= 11 is 0. The summed E-state index contributed by atoms with van der Waals surface area (Å²) in [5.74, 6) is 0.215. The molecule has 1 spiro atoms. The lowest BCUT2D eigenvalue weighted by Crippen LogP contribution is -2.49. The van der Waals surface area contributed by atoms with E-state index in [4.69, 9.17) is 9.47 Å². The van der Waals surface area contributed by atoms with Gasteiger partial charge in [0.05, 0.1) is 16.7 Å². The number of hydrogen-bond acceptors (Lipinski definition) is 5. The van der Waals surface area contributed by atoms with E-state index in [1.165, 1.54) is 6.07 Å². The van der Waals surface area contributed by atoms with E-state index >= 15 is 0 Å². The Kier molecular flexibility index (Phi) is 4.45. The minimum Gasteiger partial charge on any atom is -0.482 e. The highest BCUT2D eigenvalue weighted by molar-refractivity contribution is 7.89. The number of nitrogens with one attached hydrogen (secondary N) is 1. The van der Waals surface area contributed by atoms with E-state index in [1.54, 1.807) is 23.5 Å². The zero-order valence-electron chi connectivity index (χ0n) is 14.9. The van der Waals surface area contributed by atoms with Gasteiger partial charge in [0.15, 0.2) is 6.61 Å². The van der Waals surface area contributed by atoms with Crippen molar-refractivity contribution < 1.29 is 22.7 Å². The molecular formula is C18H24N2O5S. The Hall–Kier alpha value is -1.64.